The molecule has 0 unspecified atom stereocenters. The van der Waals surface area contributed by atoms with Crippen LogP contribution in [-0.2, 0) is 0 Å². The van der Waals surface area contributed by atoms with Crippen LogP contribution in [0, 0.1) is 0 Å². The monoisotopic (exact) mass is 420 g/mol. The fourth-order valence-electron chi connectivity index (χ4n) is 4.30. The number of nitrogens with zero attached hydrogens (tertiary/aromatic N) is 2. The van der Waals surface area contributed by atoms with Crippen molar-refractivity contribution in [1.29, 1.82) is 0 Å². The predicted molar refractivity (Wildman–Crippen MR) is 124 cm³/mol. The van der Waals surface area contributed by atoms with Gasteiger partial charge in [-0.1, -0.05) is 42.5 Å². The van der Waals surface area contributed by atoms with Crippen molar-refractivity contribution in [3.63, 3.8) is 0 Å². The summed E-state index contributed by atoms with van der Waals surface area (Å²) >= 11 is 0. The van der Waals surface area contributed by atoms with Crippen molar-refractivity contribution in [2.75, 3.05) is 39.8 Å². The summed E-state index contributed by atoms with van der Waals surface area (Å²) in [5, 5.41) is 0. The third-order valence-corrected chi connectivity index (χ3v) is 6.14. The average molecular weight is 421 g/mol. The average Bonchev–Trinajstić information content (AvgIpc) is 3.33. The van der Waals surface area contributed by atoms with Crippen molar-refractivity contribution in [3.8, 4) is 11.5 Å². The zero-order chi connectivity index (χ0) is 21.5. The molecule has 4 rings (SSSR count). The van der Waals surface area contributed by atoms with Crippen molar-refractivity contribution in [2.45, 2.75) is 31.8 Å². The maximum Gasteiger partial charge on any atom is 0.254 e. The van der Waals surface area contributed by atoms with Crippen molar-refractivity contribution in [3.05, 3.63) is 65.7 Å². The molecule has 31 heavy (non-hydrogen) atoms. The van der Waals surface area contributed by atoms with Crippen LogP contribution in [-0.4, -0.2) is 61.6 Å². The number of methoxy groups -OCH3 is 1. The first kappa shape index (κ1) is 21.4. The Labute approximate surface area is 185 Å². The van der Waals surface area contributed by atoms with E-state index in [9.17, 15) is 4.79 Å². The van der Waals surface area contributed by atoms with Crippen LogP contribution in [0.4, 0.5) is 0 Å². The Morgan fingerprint density at radius 1 is 1.00 bits per heavy atom. The number of carbonyl (C=O) groups excluding carboxylic acids is 1. The molecular formula is C26H32N2O3. The number of benzene rings is 2. The van der Waals surface area contributed by atoms with Gasteiger partial charge in [0.05, 0.1) is 13.2 Å². The van der Waals surface area contributed by atoms with E-state index in [0.29, 0.717) is 11.3 Å². The van der Waals surface area contributed by atoms with Gasteiger partial charge >= 0.3 is 0 Å². The van der Waals surface area contributed by atoms with Gasteiger partial charge in [0.2, 0.25) is 0 Å². The summed E-state index contributed by atoms with van der Waals surface area (Å²) in [6, 6.07) is 15.9. The van der Waals surface area contributed by atoms with Gasteiger partial charge in [-0.2, -0.15) is 0 Å². The lowest BCUT2D eigenvalue weighted by atomic mass is 10.1. The minimum Gasteiger partial charge on any atom is -0.493 e. The third-order valence-electron chi connectivity index (χ3n) is 6.14. The maximum absolute atomic E-state index is 13.0. The first-order valence-electron chi connectivity index (χ1n) is 11.3. The van der Waals surface area contributed by atoms with Crippen LogP contribution in [0.25, 0.3) is 6.08 Å². The second-order valence-electron chi connectivity index (χ2n) is 8.30. The summed E-state index contributed by atoms with van der Waals surface area (Å²) in [5.41, 5.74) is 1.87. The van der Waals surface area contributed by atoms with E-state index in [1.807, 2.05) is 41.3 Å². The van der Waals surface area contributed by atoms with Crippen LogP contribution in [0.1, 0.15) is 41.6 Å². The number of carbonyl (C=O) groups is 1. The molecule has 1 saturated carbocycles. The van der Waals surface area contributed by atoms with Crippen LogP contribution in [0.3, 0.4) is 0 Å². The quantitative estimate of drug-likeness (QED) is 0.662. The molecule has 0 atom stereocenters. The molecule has 5 nitrogen and oxygen atoms in total. The Balaban J connectivity index is 1.30. The highest BCUT2D eigenvalue weighted by Crippen LogP contribution is 2.32. The van der Waals surface area contributed by atoms with Gasteiger partial charge in [-0.15, -0.1) is 0 Å². The van der Waals surface area contributed by atoms with Crippen LogP contribution in [0.2, 0.25) is 0 Å². The Hall–Kier alpha value is -2.79. The number of ether oxygens (including phenoxy) is 2. The standard InChI is InChI=1S/C26H32N2O3/c1-30-25-20-22(13-14-24(25)31-23-11-5-6-12-23)26(29)28-18-16-27(17-19-28)15-7-10-21-8-3-2-4-9-21/h2-4,7-10,13-14,20,23H,5-6,11-12,15-19H2,1H3. The lowest BCUT2D eigenvalue weighted by Crippen LogP contribution is -2.48. The molecule has 0 bridgehead atoms. The summed E-state index contributed by atoms with van der Waals surface area (Å²) < 4.78 is 11.6. The molecule has 0 N–H and O–H groups in total. The molecule has 0 aromatic heterocycles. The van der Waals surface area contributed by atoms with Gasteiger partial charge in [0.1, 0.15) is 0 Å². The fraction of sp³-hybridized carbons (Fsp3) is 0.423. The molecule has 1 aliphatic heterocycles. The molecule has 2 aliphatic rings. The van der Waals surface area contributed by atoms with Crippen molar-refractivity contribution in [2.24, 2.45) is 0 Å². The van der Waals surface area contributed by atoms with E-state index in [-0.39, 0.29) is 12.0 Å². The Morgan fingerprint density at radius 2 is 1.74 bits per heavy atom. The molecule has 164 valence electrons. The molecule has 5 heteroatoms. The Morgan fingerprint density at radius 3 is 2.45 bits per heavy atom. The maximum atomic E-state index is 13.0. The first-order chi connectivity index (χ1) is 15.2. The minimum absolute atomic E-state index is 0.0604. The highest BCUT2D eigenvalue weighted by atomic mass is 16.5. The number of amides is 1. The topological polar surface area (TPSA) is 42.0 Å². The minimum atomic E-state index is 0.0604. The molecule has 1 saturated heterocycles. The number of hydrogen-bond donors (Lipinski definition) is 0. The van der Waals surface area contributed by atoms with Gasteiger partial charge in [0, 0.05) is 38.3 Å². The van der Waals surface area contributed by atoms with Gasteiger partial charge in [-0.3, -0.25) is 9.69 Å². The highest BCUT2D eigenvalue weighted by Gasteiger charge is 2.23. The number of piperazine rings is 1. The second-order valence-corrected chi connectivity index (χ2v) is 8.30. The summed E-state index contributed by atoms with van der Waals surface area (Å²) in [6.07, 6.45) is 9.23. The van der Waals surface area contributed by atoms with Crippen molar-refractivity contribution < 1.29 is 14.3 Å². The molecule has 0 spiro atoms. The summed E-state index contributed by atoms with van der Waals surface area (Å²) in [4.78, 5) is 17.3. The molecule has 2 aromatic carbocycles. The molecule has 2 fully saturated rings. The SMILES string of the molecule is COc1cc(C(=O)N2CCN(CC=Cc3ccccc3)CC2)ccc1OC1CCCC1. The predicted octanol–water partition coefficient (Wildman–Crippen LogP) is 4.49. The van der Waals surface area contributed by atoms with Crippen LogP contribution in [0.5, 0.6) is 11.5 Å². The van der Waals surface area contributed by atoms with Crippen LogP contribution >= 0.6 is 0 Å². The van der Waals surface area contributed by atoms with Gasteiger partial charge < -0.3 is 14.4 Å². The molecule has 1 amide bonds. The molecule has 0 radical (unpaired) electrons. The van der Waals surface area contributed by atoms with Gasteiger partial charge in [0.15, 0.2) is 11.5 Å². The largest absolute Gasteiger partial charge is 0.493 e. The Bertz CT molecular complexity index is 883. The number of rotatable bonds is 7. The van der Waals surface area contributed by atoms with Crippen molar-refractivity contribution >= 4 is 12.0 Å². The molecule has 2 aromatic rings. The lowest BCUT2D eigenvalue weighted by molar-refractivity contribution is 0.0650. The van der Waals surface area contributed by atoms with E-state index in [1.165, 1.54) is 18.4 Å². The summed E-state index contributed by atoms with van der Waals surface area (Å²) in [6.45, 7) is 4.13. The zero-order valence-corrected chi connectivity index (χ0v) is 18.3. The molecular weight excluding hydrogens is 388 g/mol. The van der Waals surface area contributed by atoms with Gasteiger partial charge in [-0.25, -0.2) is 0 Å². The Kier molecular flexibility index (Phi) is 7.26. The van der Waals surface area contributed by atoms with E-state index in [1.54, 1.807) is 7.11 Å². The first-order valence-corrected chi connectivity index (χ1v) is 11.3. The highest BCUT2D eigenvalue weighted by molar-refractivity contribution is 5.95. The van der Waals surface area contributed by atoms with E-state index in [0.717, 1.165) is 51.3 Å². The summed E-state index contributed by atoms with van der Waals surface area (Å²) in [7, 11) is 1.63. The third kappa shape index (κ3) is 5.67. The number of hydrogen-bond acceptors (Lipinski definition) is 4. The lowest BCUT2D eigenvalue weighted by Gasteiger charge is -2.34. The van der Waals surface area contributed by atoms with E-state index >= 15 is 0 Å². The smallest absolute Gasteiger partial charge is 0.254 e. The molecule has 1 aliphatic carbocycles. The molecule has 1 heterocycles. The van der Waals surface area contributed by atoms with E-state index in [2.05, 4.69) is 29.2 Å². The van der Waals surface area contributed by atoms with Gasteiger partial charge in [0.25, 0.3) is 5.91 Å². The van der Waals surface area contributed by atoms with Crippen LogP contribution < -0.4 is 9.47 Å². The fourth-order valence-corrected chi connectivity index (χ4v) is 4.30. The summed E-state index contributed by atoms with van der Waals surface area (Å²) in [5.74, 6) is 1.44. The normalized spacial score (nSPS) is 17.9. The van der Waals surface area contributed by atoms with E-state index < -0.39 is 0 Å². The second kappa shape index (κ2) is 10.5. The van der Waals surface area contributed by atoms with Gasteiger partial charge in [-0.05, 0) is 49.4 Å². The van der Waals surface area contributed by atoms with E-state index in [4.69, 9.17) is 9.47 Å². The van der Waals surface area contributed by atoms with Crippen LogP contribution in [0.15, 0.2) is 54.6 Å². The van der Waals surface area contributed by atoms with Crippen molar-refractivity contribution in [1.82, 2.24) is 9.80 Å². The zero-order valence-electron chi connectivity index (χ0n) is 18.3.